The van der Waals surface area contributed by atoms with E-state index in [0.29, 0.717) is 19.0 Å². The lowest BCUT2D eigenvalue weighted by atomic mass is 9.78. The molecule has 34 heavy (non-hydrogen) atoms. The van der Waals surface area contributed by atoms with Gasteiger partial charge < -0.3 is 24.1 Å². The van der Waals surface area contributed by atoms with Gasteiger partial charge in [-0.2, -0.15) is 0 Å². The zero-order chi connectivity index (χ0) is 26.1. The first-order valence-electron chi connectivity index (χ1n) is 12.7. The first-order valence-corrected chi connectivity index (χ1v) is 14.4. The van der Waals surface area contributed by atoms with Crippen molar-refractivity contribution in [3.8, 4) is 5.75 Å². The van der Waals surface area contributed by atoms with Crippen LogP contribution in [0.5, 0.6) is 5.75 Å². The smallest absolute Gasteiger partial charge is 0.335 e. The molecule has 0 amide bonds. The molecule has 0 radical (unpaired) electrons. The van der Waals surface area contributed by atoms with E-state index in [1.54, 1.807) is 0 Å². The Labute approximate surface area is 210 Å². The van der Waals surface area contributed by atoms with Crippen molar-refractivity contribution in [1.29, 1.82) is 0 Å². The van der Waals surface area contributed by atoms with Gasteiger partial charge in [0, 0.05) is 0 Å². The van der Waals surface area contributed by atoms with Gasteiger partial charge in [-0.1, -0.05) is 53.7 Å². The van der Waals surface area contributed by atoms with Gasteiger partial charge in [0.25, 0.3) is 0 Å². The van der Waals surface area contributed by atoms with Crippen LogP contribution in [0.4, 0.5) is 0 Å². The van der Waals surface area contributed by atoms with Crippen molar-refractivity contribution in [3.05, 3.63) is 28.8 Å². The maximum Gasteiger partial charge on any atom is 0.335 e. The molecule has 0 aliphatic carbocycles. The average Bonchev–Trinajstić information content (AvgIpc) is 2.70. The van der Waals surface area contributed by atoms with E-state index in [1.165, 1.54) is 30.7 Å². The third-order valence-corrected chi connectivity index (χ3v) is 8.55. The lowest BCUT2D eigenvalue weighted by molar-refractivity contribution is -0.921. The Kier molecular flexibility index (Phi) is 15.1. The van der Waals surface area contributed by atoms with E-state index >= 15 is 0 Å². The van der Waals surface area contributed by atoms with Gasteiger partial charge in [0.1, 0.15) is 5.75 Å². The van der Waals surface area contributed by atoms with Crippen LogP contribution in [0.3, 0.4) is 0 Å². The largest absolute Gasteiger partial charge is 0.870 e. The van der Waals surface area contributed by atoms with Crippen molar-refractivity contribution in [2.24, 2.45) is 0 Å². The third kappa shape index (κ3) is 10.4. The van der Waals surface area contributed by atoms with Gasteiger partial charge in [0.05, 0.1) is 45.6 Å². The summed E-state index contributed by atoms with van der Waals surface area (Å²) in [5.74, 6) is 0.321. The molecule has 1 rings (SSSR count). The summed E-state index contributed by atoms with van der Waals surface area (Å²) >= 11 is 0. The van der Waals surface area contributed by atoms with E-state index in [0.717, 1.165) is 16.7 Å². The molecule has 0 spiro atoms. The molecule has 0 bridgehead atoms. The minimum atomic E-state index is -3.18. The third-order valence-electron chi connectivity index (χ3n) is 6.50. The van der Waals surface area contributed by atoms with E-state index in [4.69, 9.17) is 9.05 Å². The van der Waals surface area contributed by atoms with E-state index in [1.807, 2.05) is 26.0 Å². The van der Waals surface area contributed by atoms with Crippen LogP contribution in [0.2, 0.25) is 0 Å². The standard InChI is InChI=1S/C19H33O4P.C8H20N.H2O/c1-9-22-24(21,23-10-2)13-14-11-15(18(3,4)5)17(20)16(12-14)19(6,7)8;1-5-9(6-2,7-3)8-4;/h11-12,20H,9-10,13H2,1-8H3;5-8H2,1-4H3;1H2/q;+1;/p-1. The number of hydrogen-bond acceptors (Lipinski definition) is 5. The van der Waals surface area contributed by atoms with Crippen LogP contribution in [-0.4, -0.2) is 54.5 Å². The van der Waals surface area contributed by atoms with Crippen molar-refractivity contribution in [2.75, 3.05) is 39.4 Å². The molecule has 0 aliphatic rings. The number of quaternary nitrogens is 1. The first-order chi connectivity index (χ1) is 15.1. The summed E-state index contributed by atoms with van der Waals surface area (Å²) in [5, 5.41) is 10.8. The first kappa shape index (κ1) is 35.3. The summed E-state index contributed by atoms with van der Waals surface area (Å²) in [7, 11) is -3.18. The van der Waals surface area contributed by atoms with Crippen LogP contribution in [-0.2, 0) is 30.6 Å². The predicted octanol–water partition coefficient (Wildman–Crippen LogP) is 7.46. The Bertz CT molecular complexity index is 699. The lowest BCUT2D eigenvalue weighted by Gasteiger charge is -2.34. The second-order valence-corrected chi connectivity index (χ2v) is 12.8. The van der Waals surface area contributed by atoms with Crippen molar-refractivity contribution < 1.29 is 28.7 Å². The molecule has 0 saturated carbocycles. The molecule has 2 N–H and O–H groups in total. The SMILES string of the molecule is CCOP(=O)(Cc1cc(C(C)(C)C)c(O)c(C(C)(C)C)c1)OCC.CC[N+](CC)(CC)CC.[OH-]. The number of aromatic hydroxyl groups is 1. The minimum Gasteiger partial charge on any atom is -0.870 e. The van der Waals surface area contributed by atoms with Crippen LogP contribution >= 0.6 is 7.60 Å². The highest BCUT2D eigenvalue weighted by atomic mass is 31.2. The fourth-order valence-electron chi connectivity index (χ4n) is 4.02. The molecule has 0 unspecified atom stereocenters. The summed E-state index contributed by atoms with van der Waals surface area (Å²) in [6.45, 7) is 30.9. The molecular weight excluding hydrogens is 449 g/mol. The number of hydrogen-bond donors (Lipinski definition) is 1. The van der Waals surface area contributed by atoms with Crippen LogP contribution in [0, 0.1) is 0 Å². The zero-order valence-electron chi connectivity index (χ0n) is 24.1. The van der Waals surface area contributed by atoms with Crippen molar-refractivity contribution >= 4 is 7.60 Å². The monoisotopic (exact) mass is 503 g/mol. The highest BCUT2D eigenvalue weighted by Gasteiger charge is 2.30. The van der Waals surface area contributed by atoms with E-state index < -0.39 is 7.60 Å². The summed E-state index contributed by atoms with van der Waals surface area (Å²) in [6, 6.07) is 3.85. The van der Waals surface area contributed by atoms with Crippen molar-refractivity contribution in [2.45, 2.75) is 100 Å². The molecule has 0 atom stereocenters. The fraction of sp³-hybridized carbons (Fsp3) is 0.778. The van der Waals surface area contributed by atoms with Gasteiger partial charge in [-0.05, 0) is 69.1 Å². The van der Waals surface area contributed by atoms with Crippen LogP contribution in [0.15, 0.2) is 12.1 Å². The average molecular weight is 504 g/mol. The lowest BCUT2D eigenvalue weighted by Crippen LogP contribution is -2.47. The Balaban J connectivity index is 0. The highest BCUT2D eigenvalue weighted by molar-refractivity contribution is 7.53. The van der Waals surface area contributed by atoms with Gasteiger partial charge >= 0.3 is 7.60 Å². The molecule has 1 aromatic carbocycles. The zero-order valence-corrected chi connectivity index (χ0v) is 25.0. The quantitative estimate of drug-likeness (QED) is 0.264. The molecule has 1 aromatic rings. The van der Waals surface area contributed by atoms with E-state index in [9.17, 15) is 9.67 Å². The van der Waals surface area contributed by atoms with E-state index in [2.05, 4.69) is 69.2 Å². The Morgan fingerprint density at radius 3 is 1.29 bits per heavy atom. The molecule has 6 nitrogen and oxygen atoms in total. The topological polar surface area (TPSA) is 85.8 Å². The number of phenols is 1. The maximum atomic E-state index is 12.9. The van der Waals surface area contributed by atoms with Crippen molar-refractivity contribution in [1.82, 2.24) is 0 Å². The van der Waals surface area contributed by atoms with Crippen LogP contribution < -0.4 is 0 Å². The Hall–Kier alpha value is -0.910. The normalized spacial score (nSPS) is 12.6. The number of benzene rings is 1. The molecule has 202 valence electrons. The van der Waals surface area contributed by atoms with Gasteiger partial charge in [0.2, 0.25) is 0 Å². The summed E-state index contributed by atoms with van der Waals surface area (Å²) in [6.07, 6.45) is 0.209. The minimum absolute atomic E-state index is 0. The predicted molar refractivity (Wildman–Crippen MR) is 144 cm³/mol. The van der Waals surface area contributed by atoms with Crippen molar-refractivity contribution in [3.63, 3.8) is 0 Å². The molecule has 0 saturated heterocycles. The molecule has 0 fully saturated rings. The fourth-order valence-corrected chi connectivity index (χ4v) is 5.69. The number of nitrogens with zero attached hydrogens (tertiary/aromatic N) is 1. The van der Waals surface area contributed by atoms with Gasteiger partial charge in [-0.15, -0.1) is 0 Å². The number of rotatable bonds is 10. The second kappa shape index (κ2) is 14.6. The van der Waals surface area contributed by atoms with Gasteiger partial charge in [-0.3, -0.25) is 4.57 Å². The molecule has 0 heterocycles. The summed E-state index contributed by atoms with van der Waals surface area (Å²) in [4.78, 5) is 0. The molecular formula is C27H54NO5P. The molecule has 0 aromatic heterocycles. The second-order valence-electron chi connectivity index (χ2n) is 10.8. The Morgan fingerprint density at radius 2 is 1.09 bits per heavy atom. The maximum absolute atomic E-state index is 12.9. The highest BCUT2D eigenvalue weighted by Crippen LogP contribution is 2.52. The Morgan fingerprint density at radius 1 is 0.765 bits per heavy atom. The van der Waals surface area contributed by atoms with Gasteiger partial charge in [-0.25, -0.2) is 0 Å². The van der Waals surface area contributed by atoms with Crippen LogP contribution in [0.1, 0.15) is 99.8 Å². The molecule has 0 aliphatic heterocycles. The summed E-state index contributed by atoms with van der Waals surface area (Å²) in [5.41, 5.74) is 2.13. The molecule has 7 heteroatoms. The number of phenolic OH excluding ortho intramolecular Hbond substituents is 1. The summed E-state index contributed by atoms with van der Waals surface area (Å²) < 4.78 is 25.0. The van der Waals surface area contributed by atoms with Crippen LogP contribution in [0.25, 0.3) is 0 Å². The van der Waals surface area contributed by atoms with Gasteiger partial charge in [0.15, 0.2) is 0 Å². The van der Waals surface area contributed by atoms with E-state index in [-0.39, 0.29) is 22.5 Å².